The van der Waals surface area contributed by atoms with Crippen molar-refractivity contribution in [2.75, 3.05) is 38.0 Å². The second-order valence-electron chi connectivity index (χ2n) is 8.29. The maximum atomic E-state index is 12.5. The van der Waals surface area contributed by atoms with Crippen LogP contribution in [0.2, 0.25) is 0 Å². The van der Waals surface area contributed by atoms with E-state index < -0.39 is 0 Å². The lowest BCUT2D eigenvalue weighted by Gasteiger charge is -2.34. The highest BCUT2D eigenvalue weighted by atomic mass is 16.2. The highest BCUT2D eigenvalue weighted by Gasteiger charge is 2.23. The molecule has 0 unspecified atom stereocenters. The molecule has 0 radical (unpaired) electrons. The Balaban J connectivity index is 1.40. The largest absolute Gasteiger partial charge is 0.340 e. The van der Waals surface area contributed by atoms with Crippen LogP contribution < -0.4 is 5.32 Å². The third-order valence-corrected chi connectivity index (χ3v) is 5.82. The molecule has 1 aliphatic heterocycles. The molecule has 0 aromatic heterocycles. The Bertz CT molecular complexity index is 945. The van der Waals surface area contributed by atoms with E-state index in [0.717, 1.165) is 22.4 Å². The van der Waals surface area contributed by atoms with Gasteiger partial charge in [-0.2, -0.15) is 0 Å². The SMILES string of the molecule is Cc1ccc(NC(=O)CN2CCN(C(=O)CCC(=O)c3ccc(C)c(C)c3)CC2)cc1. The lowest BCUT2D eigenvalue weighted by Crippen LogP contribution is -2.50. The number of nitrogens with zero attached hydrogens (tertiary/aromatic N) is 2. The molecule has 0 atom stereocenters. The van der Waals surface area contributed by atoms with E-state index in [2.05, 4.69) is 5.32 Å². The fourth-order valence-corrected chi connectivity index (χ4v) is 3.63. The van der Waals surface area contributed by atoms with Crippen LogP contribution in [0.4, 0.5) is 5.69 Å². The first-order chi connectivity index (χ1) is 14.8. The van der Waals surface area contributed by atoms with Crippen LogP contribution in [0.5, 0.6) is 0 Å². The van der Waals surface area contributed by atoms with Gasteiger partial charge in [-0.3, -0.25) is 19.3 Å². The second-order valence-corrected chi connectivity index (χ2v) is 8.29. The third-order valence-electron chi connectivity index (χ3n) is 5.82. The summed E-state index contributed by atoms with van der Waals surface area (Å²) < 4.78 is 0. The lowest BCUT2D eigenvalue weighted by atomic mass is 10.0. The molecule has 1 heterocycles. The molecular weight excluding hydrogens is 390 g/mol. The topological polar surface area (TPSA) is 69.7 Å². The summed E-state index contributed by atoms with van der Waals surface area (Å²) >= 11 is 0. The van der Waals surface area contributed by atoms with Gasteiger partial charge in [0.25, 0.3) is 0 Å². The molecule has 0 spiro atoms. The molecule has 0 bridgehead atoms. The molecule has 2 aromatic carbocycles. The zero-order chi connectivity index (χ0) is 22.4. The molecule has 1 fully saturated rings. The van der Waals surface area contributed by atoms with E-state index in [9.17, 15) is 14.4 Å². The van der Waals surface area contributed by atoms with E-state index >= 15 is 0 Å². The summed E-state index contributed by atoms with van der Waals surface area (Å²) in [5.74, 6) is -0.0496. The van der Waals surface area contributed by atoms with Crippen molar-refractivity contribution in [1.29, 1.82) is 0 Å². The Morgan fingerprint density at radius 3 is 2.16 bits per heavy atom. The van der Waals surface area contributed by atoms with Gasteiger partial charge in [0.1, 0.15) is 0 Å². The number of benzene rings is 2. The molecule has 6 heteroatoms. The number of rotatable bonds is 7. The molecule has 1 saturated heterocycles. The lowest BCUT2D eigenvalue weighted by molar-refractivity contribution is -0.133. The Morgan fingerprint density at radius 1 is 0.839 bits per heavy atom. The first kappa shape index (κ1) is 22.7. The van der Waals surface area contributed by atoms with E-state index in [0.29, 0.717) is 38.3 Å². The van der Waals surface area contributed by atoms with Gasteiger partial charge in [0.05, 0.1) is 6.54 Å². The smallest absolute Gasteiger partial charge is 0.238 e. The zero-order valence-electron chi connectivity index (χ0n) is 18.6. The number of carbonyl (C=O) groups excluding carboxylic acids is 3. The van der Waals surface area contributed by atoms with Gasteiger partial charge in [-0.25, -0.2) is 0 Å². The van der Waals surface area contributed by atoms with E-state index in [1.807, 2.05) is 68.1 Å². The maximum absolute atomic E-state index is 12.5. The highest BCUT2D eigenvalue weighted by Crippen LogP contribution is 2.14. The van der Waals surface area contributed by atoms with Crippen LogP contribution in [-0.4, -0.2) is 60.1 Å². The summed E-state index contributed by atoms with van der Waals surface area (Å²) in [7, 11) is 0. The van der Waals surface area contributed by atoms with Gasteiger partial charge < -0.3 is 10.2 Å². The van der Waals surface area contributed by atoms with Crippen molar-refractivity contribution in [2.45, 2.75) is 33.6 Å². The van der Waals surface area contributed by atoms with Crippen LogP contribution in [0.15, 0.2) is 42.5 Å². The van der Waals surface area contributed by atoms with Crippen molar-refractivity contribution < 1.29 is 14.4 Å². The summed E-state index contributed by atoms with van der Waals surface area (Å²) in [5, 5.41) is 2.91. The molecule has 1 N–H and O–H groups in total. The highest BCUT2D eigenvalue weighted by molar-refractivity contribution is 5.98. The zero-order valence-corrected chi connectivity index (χ0v) is 18.6. The number of Topliss-reactive ketones (excluding diaryl/α,β-unsaturated/α-hetero) is 1. The van der Waals surface area contributed by atoms with Crippen LogP contribution >= 0.6 is 0 Å². The number of nitrogens with one attached hydrogen (secondary N) is 1. The minimum Gasteiger partial charge on any atom is -0.340 e. The first-order valence-corrected chi connectivity index (χ1v) is 10.8. The standard InChI is InChI=1S/C25H31N3O3/c1-18-4-8-22(9-5-18)26-24(30)17-27-12-14-28(15-13-27)25(31)11-10-23(29)21-7-6-19(2)20(3)16-21/h4-9,16H,10-15,17H2,1-3H3,(H,26,30). The minimum atomic E-state index is -0.0531. The summed E-state index contributed by atoms with van der Waals surface area (Å²) in [6.07, 6.45) is 0.445. The van der Waals surface area contributed by atoms with Crippen molar-refractivity contribution in [3.8, 4) is 0 Å². The molecule has 31 heavy (non-hydrogen) atoms. The summed E-state index contributed by atoms with van der Waals surface area (Å²) in [5.41, 5.74) is 4.84. The number of ketones is 1. The molecule has 0 saturated carbocycles. The third kappa shape index (κ3) is 6.49. The fraction of sp³-hybridized carbons (Fsp3) is 0.400. The molecule has 3 rings (SSSR count). The van der Waals surface area contributed by atoms with E-state index in [1.54, 1.807) is 4.90 Å². The van der Waals surface area contributed by atoms with Crippen LogP contribution in [0.25, 0.3) is 0 Å². The normalized spacial score (nSPS) is 14.4. The van der Waals surface area contributed by atoms with E-state index in [-0.39, 0.29) is 30.4 Å². The maximum Gasteiger partial charge on any atom is 0.238 e. The average molecular weight is 422 g/mol. The number of carbonyl (C=O) groups is 3. The minimum absolute atomic E-state index is 0.000871. The molecule has 1 aliphatic rings. The van der Waals surface area contributed by atoms with Crippen molar-refractivity contribution in [2.24, 2.45) is 0 Å². The number of hydrogen-bond acceptors (Lipinski definition) is 4. The Kier molecular flexibility index (Phi) is 7.58. The number of amides is 2. The monoisotopic (exact) mass is 421 g/mol. The predicted octanol–water partition coefficient (Wildman–Crippen LogP) is 3.36. The van der Waals surface area contributed by atoms with E-state index in [1.165, 1.54) is 0 Å². The number of aryl methyl sites for hydroxylation is 3. The van der Waals surface area contributed by atoms with Crippen LogP contribution in [0, 0.1) is 20.8 Å². The Hall–Kier alpha value is -2.99. The molecular formula is C25H31N3O3. The molecule has 6 nitrogen and oxygen atoms in total. The van der Waals surface area contributed by atoms with Gasteiger partial charge in [0.15, 0.2) is 5.78 Å². The van der Waals surface area contributed by atoms with Crippen molar-refractivity contribution in [3.05, 3.63) is 64.7 Å². The Morgan fingerprint density at radius 2 is 1.52 bits per heavy atom. The van der Waals surface area contributed by atoms with Gasteiger partial charge >= 0.3 is 0 Å². The van der Waals surface area contributed by atoms with Gasteiger partial charge in [-0.05, 0) is 50.1 Å². The van der Waals surface area contributed by atoms with Crippen molar-refractivity contribution in [1.82, 2.24) is 9.80 Å². The van der Waals surface area contributed by atoms with Crippen molar-refractivity contribution >= 4 is 23.3 Å². The number of hydrogen-bond donors (Lipinski definition) is 1. The summed E-state index contributed by atoms with van der Waals surface area (Å²) in [4.78, 5) is 41.1. The second kappa shape index (κ2) is 10.4. The quantitative estimate of drug-likeness (QED) is 0.696. The number of piperazine rings is 1. The van der Waals surface area contributed by atoms with Gasteiger partial charge in [0.2, 0.25) is 11.8 Å². The van der Waals surface area contributed by atoms with Gasteiger partial charge in [-0.1, -0.05) is 29.8 Å². The van der Waals surface area contributed by atoms with Crippen LogP contribution in [-0.2, 0) is 9.59 Å². The fourth-order valence-electron chi connectivity index (χ4n) is 3.63. The molecule has 164 valence electrons. The average Bonchev–Trinajstić information content (AvgIpc) is 2.76. The van der Waals surface area contributed by atoms with Gasteiger partial charge in [0, 0.05) is 50.3 Å². The number of anilines is 1. The molecule has 2 amide bonds. The van der Waals surface area contributed by atoms with Crippen molar-refractivity contribution in [3.63, 3.8) is 0 Å². The molecule has 2 aromatic rings. The first-order valence-electron chi connectivity index (χ1n) is 10.8. The van der Waals surface area contributed by atoms with Crippen LogP contribution in [0.3, 0.4) is 0 Å². The summed E-state index contributed by atoms with van der Waals surface area (Å²) in [6, 6.07) is 13.4. The van der Waals surface area contributed by atoms with Crippen LogP contribution in [0.1, 0.15) is 39.9 Å². The van der Waals surface area contributed by atoms with Gasteiger partial charge in [-0.15, -0.1) is 0 Å². The summed E-state index contributed by atoms with van der Waals surface area (Å²) in [6.45, 7) is 8.77. The Labute approximate surface area is 184 Å². The van der Waals surface area contributed by atoms with E-state index in [4.69, 9.17) is 0 Å². The predicted molar refractivity (Wildman–Crippen MR) is 122 cm³/mol. The molecule has 0 aliphatic carbocycles.